The van der Waals surface area contributed by atoms with Crippen LogP contribution in [0.2, 0.25) is 0 Å². The number of carbonyl (C=O) groups is 1. The van der Waals surface area contributed by atoms with E-state index in [1.54, 1.807) is 0 Å². The van der Waals surface area contributed by atoms with Gasteiger partial charge in [-0.1, -0.05) is 6.07 Å². The Balaban J connectivity index is 1.70. The second-order valence-corrected chi connectivity index (χ2v) is 6.89. The Hall–Kier alpha value is -2.22. The summed E-state index contributed by atoms with van der Waals surface area (Å²) < 4.78 is 12.9. The van der Waals surface area contributed by atoms with Crippen LogP contribution in [0, 0.1) is 5.82 Å². The van der Waals surface area contributed by atoms with Gasteiger partial charge in [-0.3, -0.25) is 0 Å². The van der Waals surface area contributed by atoms with Crippen LogP contribution in [0.4, 0.5) is 14.9 Å². The van der Waals surface area contributed by atoms with Gasteiger partial charge in [-0.25, -0.2) is 9.18 Å². The molecule has 2 amide bonds. The van der Waals surface area contributed by atoms with Gasteiger partial charge >= 0.3 is 6.03 Å². The maximum Gasteiger partial charge on any atom is 0.319 e. The van der Waals surface area contributed by atoms with Gasteiger partial charge in [0.05, 0.1) is 6.54 Å². The molecule has 7 heteroatoms. The molecule has 3 N–H and O–H groups in total. The Bertz CT molecular complexity index is 752. The zero-order valence-electron chi connectivity index (χ0n) is 12.5. The second-order valence-electron chi connectivity index (χ2n) is 5.16. The minimum atomic E-state index is -1.28. The second kappa shape index (κ2) is 7.12. The van der Waals surface area contributed by atoms with E-state index in [9.17, 15) is 14.3 Å². The number of urea groups is 1. The van der Waals surface area contributed by atoms with E-state index in [0.29, 0.717) is 5.69 Å². The van der Waals surface area contributed by atoms with Crippen LogP contribution in [0.1, 0.15) is 10.4 Å². The van der Waals surface area contributed by atoms with Crippen LogP contribution in [0.5, 0.6) is 0 Å². The minimum absolute atomic E-state index is 0.0251. The number of benzene rings is 1. The number of amides is 2. The summed E-state index contributed by atoms with van der Waals surface area (Å²) in [5, 5.41) is 22.0. The highest BCUT2D eigenvalue weighted by atomic mass is 32.1. The monoisotopic (exact) mass is 362 g/mol. The number of anilines is 1. The summed E-state index contributed by atoms with van der Waals surface area (Å²) in [4.78, 5) is 12.8. The minimum Gasteiger partial charge on any atom is -0.378 e. The fourth-order valence-corrected chi connectivity index (χ4v) is 3.83. The normalized spacial score (nSPS) is 13.2. The van der Waals surface area contributed by atoms with Crippen LogP contribution >= 0.6 is 22.7 Å². The van der Waals surface area contributed by atoms with E-state index >= 15 is 0 Å². The maximum atomic E-state index is 12.9. The molecule has 0 radical (unpaired) electrons. The van der Waals surface area contributed by atoms with E-state index in [-0.39, 0.29) is 12.4 Å². The molecule has 124 valence electrons. The van der Waals surface area contributed by atoms with Crippen LogP contribution in [-0.4, -0.2) is 17.7 Å². The largest absolute Gasteiger partial charge is 0.378 e. The molecule has 1 atom stereocenters. The summed E-state index contributed by atoms with van der Waals surface area (Å²) in [5.41, 5.74) is -0.0741. The molecule has 0 saturated carbocycles. The van der Waals surface area contributed by atoms with E-state index in [2.05, 4.69) is 10.6 Å². The van der Waals surface area contributed by atoms with Crippen molar-refractivity contribution in [3.05, 3.63) is 74.9 Å². The Kier molecular flexibility index (Phi) is 4.94. The molecule has 1 aromatic carbocycles. The molecule has 4 nitrogen and oxygen atoms in total. The average Bonchev–Trinajstić information content (AvgIpc) is 3.28. The zero-order chi connectivity index (χ0) is 17.0. The fourth-order valence-electron chi connectivity index (χ4n) is 2.26. The van der Waals surface area contributed by atoms with Crippen LogP contribution < -0.4 is 10.6 Å². The van der Waals surface area contributed by atoms with Gasteiger partial charge in [0.2, 0.25) is 0 Å². The Morgan fingerprint density at radius 1 is 1.17 bits per heavy atom. The van der Waals surface area contributed by atoms with Crippen LogP contribution in [0.25, 0.3) is 0 Å². The van der Waals surface area contributed by atoms with Crippen LogP contribution in [0.15, 0.2) is 58.6 Å². The molecule has 3 aromatic rings. The number of rotatable bonds is 5. The highest BCUT2D eigenvalue weighted by Gasteiger charge is 2.33. The van der Waals surface area contributed by atoms with Gasteiger partial charge in [-0.15, -0.1) is 11.3 Å². The molecular formula is C17H15FN2O2S2. The molecule has 3 rings (SSSR count). The van der Waals surface area contributed by atoms with Crippen molar-refractivity contribution in [2.45, 2.75) is 5.60 Å². The maximum absolute atomic E-state index is 12.9. The topological polar surface area (TPSA) is 61.4 Å². The molecule has 0 aliphatic heterocycles. The molecule has 0 spiro atoms. The summed E-state index contributed by atoms with van der Waals surface area (Å²) in [5.74, 6) is -0.370. The number of aliphatic hydroxyl groups is 1. The van der Waals surface area contributed by atoms with E-state index in [0.717, 1.165) is 10.4 Å². The number of nitrogens with one attached hydrogen (secondary N) is 2. The van der Waals surface area contributed by atoms with Crippen LogP contribution in [-0.2, 0) is 5.60 Å². The third-order valence-electron chi connectivity index (χ3n) is 3.53. The highest BCUT2D eigenvalue weighted by Crippen LogP contribution is 2.33. The first-order valence-corrected chi connectivity index (χ1v) is 8.99. The van der Waals surface area contributed by atoms with Crippen LogP contribution in [0.3, 0.4) is 0 Å². The van der Waals surface area contributed by atoms with Gasteiger partial charge in [0.1, 0.15) is 11.4 Å². The van der Waals surface area contributed by atoms with Gasteiger partial charge < -0.3 is 15.7 Å². The lowest BCUT2D eigenvalue weighted by Gasteiger charge is -2.27. The van der Waals surface area contributed by atoms with Crippen molar-refractivity contribution in [3.8, 4) is 0 Å². The average molecular weight is 362 g/mol. The number of hydrogen-bond donors (Lipinski definition) is 3. The summed E-state index contributed by atoms with van der Waals surface area (Å²) >= 11 is 2.91. The van der Waals surface area contributed by atoms with Gasteiger partial charge in [0.15, 0.2) is 0 Å². The van der Waals surface area contributed by atoms with Crippen molar-refractivity contribution >= 4 is 34.4 Å². The molecule has 2 aromatic heterocycles. The highest BCUT2D eigenvalue weighted by molar-refractivity contribution is 7.10. The Morgan fingerprint density at radius 2 is 1.96 bits per heavy atom. The standard InChI is InChI=1S/C17H15FN2O2S2/c18-13-3-5-14(6-4-13)20-16(21)19-11-17(22,12-7-9-23-10-12)15-2-1-8-24-15/h1-10,22H,11H2,(H2,19,20,21). The first kappa shape index (κ1) is 16.6. The van der Waals surface area contributed by atoms with Gasteiger partial charge in [-0.05, 0) is 52.5 Å². The van der Waals surface area contributed by atoms with E-state index in [1.165, 1.54) is 46.9 Å². The molecule has 0 aliphatic carbocycles. The molecule has 2 heterocycles. The van der Waals surface area contributed by atoms with Crippen molar-refractivity contribution in [3.63, 3.8) is 0 Å². The zero-order valence-corrected chi connectivity index (χ0v) is 14.2. The lowest BCUT2D eigenvalue weighted by molar-refractivity contribution is 0.0871. The Labute approximate surface area is 146 Å². The van der Waals surface area contributed by atoms with Crippen molar-refractivity contribution < 1.29 is 14.3 Å². The molecule has 24 heavy (non-hydrogen) atoms. The summed E-state index contributed by atoms with van der Waals surface area (Å²) in [6.07, 6.45) is 0. The van der Waals surface area contributed by atoms with Crippen molar-refractivity contribution in [2.75, 3.05) is 11.9 Å². The molecule has 0 bridgehead atoms. The molecule has 1 unspecified atom stereocenters. The lowest BCUT2D eigenvalue weighted by atomic mass is 9.94. The van der Waals surface area contributed by atoms with Crippen molar-refractivity contribution in [2.24, 2.45) is 0 Å². The first-order valence-electron chi connectivity index (χ1n) is 7.17. The lowest BCUT2D eigenvalue weighted by Crippen LogP contribution is -2.42. The number of hydrogen-bond acceptors (Lipinski definition) is 4. The SMILES string of the molecule is O=C(NCC(O)(c1ccsc1)c1cccs1)Nc1ccc(F)cc1. The van der Waals surface area contributed by atoms with Gasteiger partial charge in [0, 0.05) is 16.1 Å². The number of carbonyl (C=O) groups excluding carboxylic acids is 1. The molecule has 0 aliphatic rings. The quantitative estimate of drug-likeness (QED) is 0.642. The fraction of sp³-hybridized carbons (Fsp3) is 0.118. The summed E-state index contributed by atoms with van der Waals surface area (Å²) in [6, 6.07) is 10.5. The summed E-state index contributed by atoms with van der Waals surface area (Å²) in [6.45, 7) is 0.0251. The first-order chi connectivity index (χ1) is 11.6. The molecule has 0 fully saturated rings. The predicted octanol–water partition coefficient (Wildman–Crippen LogP) is 4.01. The molecular weight excluding hydrogens is 347 g/mol. The smallest absolute Gasteiger partial charge is 0.319 e. The summed E-state index contributed by atoms with van der Waals surface area (Å²) in [7, 11) is 0. The predicted molar refractivity (Wildman–Crippen MR) is 95.1 cm³/mol. The van der Waals surface area contributed by atoms with E-state index in [4.69, 9.17) is 0 Å². The van der Waals surface area contributed by atoms with Crippen molar-refractivity contribution in [1.82, 2.24) is 5.32 Å². The van der Waals surface area contributed by atoms with E-state index in [1.807, 2.05) is 34.3 Å². The Morgan fingerprint density at radius 3 is 2.58 bits per heavy atom. The van der Waals surface area contributed by atoms with Gasteiger partial charge in [-0.2, -0.15) is 11.3 Å². The molecule has 0 saturated heterocycles. The van der Waals surface area contributed by atoms with Gasteiger partial charge in [0.25, 0.3) is 0 Å². The van der Waals surface area contributed by atoms with E-state index < -0.39 is 11.6 Å². The number of thiophene rings is 2. The third kappa shape index (κ3) is 3.64. The number of halogens is 1. The third-order valence-corrected chi connectivity index (χ3v) is 5.24. The van der Waals surface area contributed by atoms with Crippen molar-refractivity contribution in [1.29, 1.82) is 0 Å².